The summed E-state index contributed by atoms with van der Waals surface area (Å²) in [5.41, 5.74) is 4.19. The van der Waals surface area contributed by atoms with Crippen LogP contribution < -0.4 is 24.3 Å². The quantitative estimate of drug-likeness (QED) is 0.259. The highest BCUT2D eigenvalue weighted by Crippen LogP contribution is 2.35. The SMILES string of the molecule is CCCOc1ccc(-c2nn(-c3ccccc3)cc2/C=c2\sc3nc(C4COc5ccccc5O4)nn3c2=O)cc1C. The molecule has 4 heterocycles. The highest BCUT2D eigenvalue weighted by Gasteiger charge is 2.27. The van der Waals surface area contributed by atoms with Gasteiger partial charge in [-0.05, 0) is 67.4 Å². The van der Waals surface area contributed by atoms with E-state index in [9.17, 15) is 4.79 Å². The number of aromatic nitrogens is 5. The van der Waals surface area contributed by atoms with Crippen LogP contribution >= 0.6 is 11.3 Å². The van der Waals surface area contributed by atoms with Crippen molar-refractivity contribution >= 4 is 22.4 Å². The Kier molecular flexibility index (Phi) is 6.67. The molecule has 0 saturated heterocycles. The van der Waals surface area contributed by atoms with E-state index < -0.39 is 6.10 Å². The van der Waals surface area contributed by atoms with Gasteiger partial charge in [0.15, 0.2) is 23.4 Å². The zero-order chi connectivity index (χ0) is 28.6. The van der Waals surface area contributed by atoms with E-state index >= 15 is 0 Å². The summed E-state index contributed by atoms with van der Waals surface area (Å²) in [5.74, 6) is 2.58. The molecule has 9 nitrogen and oxygen atoms in total. The molecule has 1 aliphatic heterocycles. The van der Waals surface area contributed by atoms with Crippen LogP contribution in [-0.4, -0.2) is 37.6 Å². The number of aryl methyl sites for hydroxylation is 1. The minimum atomic E-state index is -0.498. The summed E-state index contributed by atoms with van der Waals surface area (Å²) in [6, 6.07) is 23.4. The minimum Gasteiger partial charge on any atom is -0.493 e. The van der Waals surface area contributed by atoms with Crippen molar-refractivity contribution in [1.82, 2.24) is 24.4 Å². The average molecular weight is 578 g/mol. The first-order chi connectivity index (χ1) is 20.6. The summed E-state index contributed by atoms with van der Waals surface area (Å²) in [6.45, 7) is 5.05. The van der Waals surface area contributed by atoms with Gasteiger partial charge in [-0.2, -0.15) is 14.6 Å². The molecule has 210 valence electrons. The van der Waals surface area contributed by atoms with Crippen LogP contribution in [0.25, 0.3) is 28.0 Å². The molecule has 0 fully saturated rings. The van der Waals surface area contributed by atoms with E-state index in [0.717, 1.165) is 40.2 Å². The number of hydrogen-bond donors (Lipinski definition) is 0. The fourth-order valence-corrected chi connectivity index (χ4v) is 5.78. The molecular weight excluding hydrogens is 550 g/mol. The van der Waals surface area contributed by atoms with Gasteiger partial charge in [-0.3, -0.25) is 4.79 Å². The van der Waals surface area contributed by atoms with E-state index in [1.807, 2.05) is 90.6 Å². The van der Waals surface area contributed by atoms with Crippen molar-refractivity contribution in [2.45, 2.75) is 26.4 Å². The van der Waals surface area contributed by atoms with Crippen molar-refractivity contribution < 1.29 is 14.2 Å². The molecule has 10 heteroatoms. The van der Waals surface area contributed by atoms with E-state index in [2.05, 4.69) is 23.1 Å². The maximum absolute atomic E-state index is 13.5. The van der Waals surface area contributed by atoms with Gasteiger partial charge in [0.05, 0.1) is 16.8 Å². The fourth-order valence-electron chi connectivity index (χ4n) is 4.87. The van der Waals surface area contributed by atoms with Crippen molar-refractivity contribution in [3.05, 3.63) is 111 Å². The molecule has 1 aliphatic rings. The minimum absolute atomic E-state index is 0.246. The molecule has 0 amide bonds. The summed E-state index contributed by atoms with van der Waals surface area (Å²) in [5, 5.41) is 9.42. The van der Waals surface area contributed by atoms with E-state index in [1.165, 1.54) is 15.9 Å². The Bertz CT molecular complexity index is 2010. The Balaban J connectivity index is 1.27. The number of benzene rings is 3. The van der Waals surface area contributed by atoms with Crippen molar-refractivity contribution in [3.63, 3.8) is 0 Å². The van der Waals surface area contributed by atoms with Crippen LogP contribution in [0.1, 0.15) is 36.4 Å². The van der Waals surface area contributed by atoms with Gasteiger partial charge < -0.3 is 14.2 Å². The predicted molar refractivity (Wildman–Crippen MR) is 161 cm³/mol. The van der Waals surface area contributed by atoms with E-state index in [0.29, 0.717) is 33.4 Å². The lowest BCUT2D eigenvalue weighted by molar-refractivity contribution is 0.0852. The standard InChI is InChI=1S/C32H27N5O4S/c1-3-15-39-24-14-13-21(16-20(24)2)29-22(18-36(34-29)23-9-5-4-6-10-23)17-28-31(38)37-32(42-28)33-30(35-37)27-19-40-25-11-7-8-12-26(25)41-27/h4-14,16-18,27H,3,15,19H2,1-2H3/b28-17-. The zero-order valence-corrected chi connectivity index (χ0v) is 23.9. The van der Waals surface area contributed by atoms with Gasteiger partial charge in [0.2, 0.25) is 4.96 Å². The van der Waals surface area contributed by atoms with E-state index in [-0.39, 0.29) is 12.2 Å². The average Bonchev–Trinajstić information content (AvgIpc) is 3.71. The Morgan fingerprint density at radius 1 is 1.05 bits per heavy atom. The molecule has 0 aliphatic carbocycles. The van der Waals surface area contributed by atoms with Crippen LogP contribution in [-0.2, 0) is 0 Å². The van der Waals surface area contributed by atoms with Crippen molar-refractivity contribution in [2.24, 2.45) is 0 Å². The van der Waals surface area contributed by atoms with Crippen LogP contribution in [0, 0.1) is 6.92 Å². The van der Waals surface area contributed by atoms with Crippen LogP contribution in [0.3, 0.4) is 0 Å². The molecule has 7 rings (SSSR count). The molecule has 0 bridgehead atoms. The van der Waals surface area contributed by atoms with Gasteiger partial charge in [-0.25, -0.2) is 4.68 Å². The van der Waals surface area contributed by atoms with Gasteiger partial charge in [-0.1, -0.05) is 48.6 Å². The maximum atomic E-state index is 13.5. The first-order valence-corrected chi connectivity index (χ1v) is 14.6. The molecule has 1 atom stereocenters. The molecular formula is C32H27N5O4S. The lowest BCUT2D eigenvalue weighted by atomic mass is 10.0. The Hall–Kier alpha value is -4.96. The number of hydrogen-bond acceptors (Lipinski definition) is 8. The molecule has 3 aromatic carbocycles. The Labute approximate surface area is 245 Å². The highest BCUT2D eigenvalue weighted by atomic mass is 32.1. The predicted octanol–water partition coefficient (Wildman–Crippen LogP) is 5.16. The fraction of sp³-hybridized carbons (Fsp3) is 0.188. The summed E-state index contributed by atoms with van der Waals surface area (Å²) >= 11 is 1.28. The van der Waals surface area contributed by atoms with Gasteiger partial charge in [0.1, 0.15) is 18.1 Å². The lowest BCUT2D eigenvalue weighted by Gasteiger charge is -2.24. The molecule has 0 spiro atoms. The van der Waals surface area contributed by atoms with Gasteiger partial charge >= 0.3 is 0 Å². The summed E-state index contributed by atoms with van der Waals surface area (Å²) < 4.78 is 21.4. The third kappa shape index (κ3) is 4.79. The smallest absolute Gasteiger partial charge is 0.291 e. The molecule has 0 radical (unpaired) electrons. The van der Waals surface area contributed by atoms with Gasteiger partial charge in [0.25, 0.3) is 5.56 Å². The summed E-state index contributed by atoms with van der Waals surface area (Å²) in [7, 11) is 0. The van der Waals surface area contributed by atoms with Crippen LogP contribution in [0.2, 0.25) is 0 Å². The number of ether oxygens (including phenoxy) is 3. The van der Waals surface area contributed by atoms with Crippen molar-refractivity contribution in [3.8, 4) is 34.2 Å². The van der Waals surface area contributed by atoms with Crippen molar-refractivity contribution in [2.75, 3.05) is 13.2 Å². The topological polar surface area (TPSA) is 92.8 Å². The lowest BCUT2D eigenvalue weighted by Crippen LogP contribution is -2.26. The number of para-hydroxylation sites is 3. The summed E-state index contributed by atoms with van der Waals surface area (Å²) in [6.07, 6.45) is 4.24. The number of thiazole rings is 1. The highest BCUT2D eigenvalue weighted by molar-refractivity contribution is 7.15. The molecule has 0 N–H and O–H groups in total. The van der Waals surface area contributed by atoms with Gasteiger partial charge in [0, 0.05) is 17.3 Å². The Morgan fingerprint density at radius 3 is 2.64 bits per heavy atom. The number of nitrogens with zero attached hydrogens (tertiary/aromatic N) is 5. The molecule has 6 aromatic rings. The van der Waals surface area contributed by atoms with Crippen LogP contribution in [0.15, 0.2) is 83.8 Å². The molecule has 3 aromatic heterocycles. The summed E-state index contributed by atoms with van der Waals surface area (Å²) in [4.78, 5) is 18.6. The van der Waals surface area contributed by atoms with E-state index in [4.69, 9.17) is 19.3 Å². The van der Waals surface area contributed by atoms with Crippen molar-refractivity contribution in [1.29, 1.82) is 0 Å². The second-order valence-corrected chi connectivity index (χ2v) is 11.0. The second kappa shape index (κ2) is 10.8. The molecule has 42 heavy (non-hydrogen) atoms. The van der Waals surface area contributed by atoms with Gasteiger partial charge in [-0.15, -0.1) is 5.10 Å². The molecule has 1 unspecified atom stereocenters. The Morgan fingerprint density at radius 2 is 1.86 bits per heavy atom. The first-order valence-electron chi connectivity index (χ1n) is 13.8. The maximum Gasteiger partial charge on any atom is 0.291 e. The van der Waals surface area contributed by atoms with Crippen LogP contribution in [0.5, 0.6) is 17.2 Å². The first kappa shape index (κ1) is 26.0. The molecule has 0 saturated carbocycles. The largest absolute Gasteiger partial charge is 0.493 e. The second-order valence-electron chi connectivity index (χ2n) is 9.99. The zero-order valence-electron chi connectivity index (χ0n) is 23.1. The van der Waals surface area contributed by atoms with Crippen LogP contribution in [0.4, 0.5) is 0 Å². The monoisotopic (exact) mass is 577 g/mol. The number of fused-ring (bicyclic) bond motifs is 2. The number of rotatable bonds is 7. The third-order valence-corrected chi connectivity index (χ3v) is 7.91. The third-order valence-electron chi connectivity index (χ3n) is 6.95. The normalized spacial score (nSPS) is 14.9. The van der Waals surface area contributed by atoms with E-state index in [1.54, 1.807) is 0 Å².